The molecule has 0 aliphatic carbocycles. The monoisotopic (exact) mass is 522 g/mol. The van der Waals surface area contributed by atoms with Crippen molar-refractivity contribution in [2.45, 2.75) is 51.4 Å². The molecular formula is C30H35ClN2O2S. The zero-order valence-corrected chi connectivity index (χ0v) is 22.7. The van der Waals surface area contributed by atoms with Crippen molar-refractivity contribution in [2.75, 3.05) is 12.3 Å². The molecule has 2 amide bonds. The van der Waals surface area contributed by atoms with Crippen LogP contribution >= 0.6 is 23.4 Å². The van der Waals surface area contributed by atoms with E-state index in [0.717, 1.165) is 35.1 Å². The van der Waals surface area contributed by atoms with Crippen molar-refractivity contribution in [2.24, 2.45) is 0 Å². The molecule has 190 valence electrons. The highest BCUT2D eigenvalue weighted by atomic mass is 35.5. The van der Waals surface area contributed by atoms with Crippen LogP contribution < -0.4 is 5.32 Å². The Labute approximate surface area is 224 Å². The third-order valence-electron chi connectivity index (χ3n) is 5.98. The van der Waals surface area contributed by atoms with E-state index in [1.54, 1.807) is 4.90 Å². The number of hydrogen-bond acceptors (Lipinski definition) is 3. The number of carbonyl (C=O) groups is 2. The van der Waals surface area contributed by atoms with Gasteiger partial charge >= 0.3 is 0 Å². The van der Waals surface area contributed by atoms with Crippen LogP contribution in [-0.2, 0) is 28.3 Å². The summed E-state index contributed by atoms with van der Waals surface area (Å²) in [5.74, 6) is 0.741. The Hall–Kier alpha value is -2.76. The summed E-state index contributed by atoms with van der Waals surface area (Å²) in [5.41, 5.74) is 4.16. The van der Waals surface area contributed by atoms with Crippen LogP contribution in [0.3, 0.4) is 0 Å². The first-order valence-corrected chi connectivity index (χ1v) is 14.0. The molecule has 3 aromatic rings. The molecule has 0 saturated heterocycles. The third-order valence-corrected chi connectivity index (χ3v) is 7.31. The second-order valence-corrected chi connectivity index (χ2v) is 10.3. The second-order valence-electron chi connectivity index (χ2n) is 8.95. The number of hydrogen-bond donors (Lipinski definition) is 1. The second kappa shape index (κ2) is 14.7. The van der Waals surface area contributed by atoms with Crippen molar-refractivity contribution in [3.63, 3.8) is 0 Å². The molecule has 0 aliphatic heterocycles. The van der Waals surface area contributed by atoms with Crippen molar-refractivity contribution >= 4 is 35.2 Å². The van der Waals surface area contributed by atoms with Crippen LogP contribution in [0.5, 0.6) is 0 Å². The van der Waals surface area contributed by atoms with Gasteiger partial charge in [0.1, 0.15) is 6.04 Å². The molecule has 36 heavy (non-hydrogen) atoms. The Kier molecular flexibility index (Phi) is 11.4. The van der Waals surface area contributed by atoms with Gasteiger partial charge in [0.15, 0.2) is 0 Å². The average molecular weight is 523 g/mol. The fraction of sp³-hybridized carbons (Fsp3) is 0.333. The van der Waals surface area contributed by atoms with Gasteiger partial charge in [0.05, 0.1) is 5.75 Å². The molecule has 0 spiro atoms. The van der Waals surface area contributed by atoms with Crippen molar-refractivity contribution < 1.29 is 9.59 Å². The Morgan fingerprint density at radius 3 is 2.42 bits per heavy atom. The number of amides is 2. The standard InChI is InChI=1S/C30H35ClN2O2S/c1-3-4-17-32-30(35)28(19-24-12-6-5-7-13-24)33(20-25-14-10-11-23(2)18-25)29(34)22-36-21-26-15-8-9-16-27(26)31/h5-16,18,28H,3-4,17,19-22H2,1-2H3,(H,32,35)/t28-/m0/s1. The zero-order valence-electron chi connectivity index (χ0n) is 21.1. The summed E-state index contributed by atoms with van der Waals surface area (Å²) in [6.07, 6.45) is 2.36. The van der Waals surface area contributed by atoms with Gasteiger partial charge in [-0.1, -0.05) is 103 Å². The minimum absolute atomic E-state index is 0.0554. The van der Waals surface area contributed by atoms with Gasteiger partial charge in [-0.2, -0.15) is 0 Å². The number of benzene rings is 3. The maximum atomic E-state index is 13.7. The van der Waals surface area contributed by atoms with Crippen LogP contribution in [0, 0.1) is 6.92 Å². The van der Waals surface area contributed by atoms with Gasteiger partial charge in [-0.3, -0.25) is 9.59 Å². The maximum Gasteiger partial charge on any atom is 0.243 e. The van der Waals surface area contributed by atoms with Crippen molar-refractivity contribution in [1.29, 1.82) is 0 Å². The number of rotatable bonds is 13. The minimum atomic E-state index is -0.599. The summed E-state index contributed by atoms with van der Waals surface area (Å²) in [7, 11) is 0. The van der Waals surface area contributed by atoms with Gasteiger partial charge in [0, 0.05) is 30.3 Å². The lowest BCUT2D eigenvalue weighted by Crippen LogP contribution is -2.51. The molecule has 0 saturated carbocycles. The minimum Gasteiger partial charge on any atom is -0.354 e. The topological polar surface area (TPSA) is 49.4 Å². The predicted molar refractivity (Wildman–Crippen MR) is 151 cm³/mol. The number of nitrogens with one attached hydrogen (secondary N) is 1. The van der Waals surface area contributed by atoms with E-state index in [1.807, 2.05) is 79.7 Å². The van der Waals surface area contributed by atoms with Crippen LogP contribution in [-0.4, -0.2) is 35.1 Å². The summed E-state index contributed by atoms with van der Waals surface area (Å²) in [5, 5.41) is 3.77. The number of halogens is 1. The molecule has 0 heterocycles. The van der Waals surface area contributed by atoms with Crippen LogP contribution in [0.1, 0.15) is 42.0 Å². The van der Waals surface area contributed by atoms with Crippen LogP contribution in [0.2, 0.25) is 5.02 Å². The van der Waals surface area contributed by atoms with Gasteiger partial charge in [0.2, 0.25) is 11.8 Å². The summed E-state index contributed by atoms with van der Waals surface area (Å²) in [6, 6.07) is 25.1. The quantitative estimate of drug-likeness (QED) is 0.263. The summed E-state index contributed by atoms with van der Waals surface area (Å²) < 4.78 is 0. The van der Waals surface area contributed by atoms with Crippen molar-refractivity contribution in [3.8, 4) is 0 Å². The SMILES string of the molecule is CCCCNC(=O)[C@H](Cc1ccccc1)N(Cc1cccc(C)c1)C(=O)CSCc1ccccc1Cl. The van der Waals surface area contributed by atoms with E-state index in [1.165, 1.54) is 11.8 Å². The lowest BCUT2D eigenvalue weighted by Gasteiger charge is -2.31. The molecule has 4 nitrogen and oxygen atoms in total. The molecule has 1 N–H and O–H groups in total. The number of aryl methyl sites for hydroxylation is 1. The van der Waals surface area contributed by atoms with E-state index >= 15 is 0 Å². The van der Waals surface area contributed by atoms with Gasteiger partial charge in [-0.25, -0.2) is 0 Å². The number of nitrogens with zero attached hydrogens (tertiary/aromatic N) is 1. The van der Waals surface area contributed by atoms with E-state index in [2.05, 4.69) is 18.3 Å². The highest BCUT2D eigenvalue weighted by molar-refractivity contribution is 7.99. The van der Waals surface area contributed by atoms with Crippen molar-refractivity contribution in [3.05, 3.63) is 106 Å². The number of carbonyl (C=O) groups excluding carboxylic acids is 2. The number of unbranched alkanes of at least 4 members (excludes halogenated alkanes) is 1. The van der Waals surface area contributed by atoms with Crippen molar-refractivity contribution in [1.82, 2.24) is 10.2 Å². The third kappa shape index (κ3) is 8.72. The molecule has 3 aromatic carbocycles. The first-order valence-electron chi connectivity index (χ1n) is 12.5. The normalized spacial score (nSPS) is 11.6. The van der Waals surface area contributed by atoms with E-state index in [9.17, 15) is 9.59 Å². The summed E-state index contributed by atoms with van der Waals surface area (Å²) in [6.45, 7) is 5.12. The van der Waals surface area contributed by atoms with E-state index in [-0.39, 0.29) is 17.6 Å². The van der Waals surface area contributed by atoms with Crippen LogP contribution in [0.25, 0.3) is 0 Å². The van der Waals surface area contributed by atoms with Crippen LogP contribution in [0.15, 0.2) is 78.9 Å². The van der Waals surface area contributed by atoms with E-state index < -0.39 is 6.04 Å². The van der Waals surface area contributed by atoms with Gasteiger partial charge in [0.25, 0.3) is 0 Å². The molecule has 0 aliphatic rings. The fourth-order valence-corrected chi connectivity index (χ4v) is 5.21. The van der Waals surface area contributed by atoms with Gasteiger partial charge < -0.3 is 10.2 Å². The van der Waals surface area contributed by atoms with Crippen LogP contribution in [0.4, 0.5) is 0 Å². The fourth-order valence-electron chi connectivity index (χ4n) is 4.01. The molecule has 0 radical (unpaired) electrons. The highest BCUT2D eigenvalue weighted by Crippen LogP contribution is 2.22. The lowest BCUT2D eigenvalue weighted by molar-refractivity contribution is -0.139. The molecular weight excluding hydrogens is 488 g/mol. The molecule has 6 heteroatoms. The highest BCUT2D eigenvalue weighted by Gasteiger charge is 2.30. The Balaban J connectivity index is 1.84. The average Bonchev–Trinajstić information content (AvgIpc) is 2.88. The Morgan fingerprint density at radius 1 is 0.972 bits per heavy atom. The molecule has 1 atom stereocenters. The maximum absolute atomic E-state index is 13.7. The Morgan fingerprint density at radius 2 is 1.69 bits per heavy atom. The lowest BCUT2D eigenvalue weighted by atomic mass is 10.0. The van der Waals surface area contributed by atoms with E-state index in [0.29, 0.717) is 30.3 Å². The number of thioether (sulfide) groups is 1. The molecule has 0 unspecified atom stereocenters. The first-order chi connectivity index (χ1) is 17.5. The summed E-state index contributed by atoms with van der Waals surface area (Å²) in [4.78, 5) is 28.9. The molecule has 3 rings (SSSR count). The molecule has 0 aromatic heterocycles. The predicted octanol–water partition coefficient (Wildman–Crippen LogP) is 6.44. The summed E-state index contributed by atoms with van der Waals surface area (Å²) >= 11 is 7.83. The first kappa shape index (κ1) is 27.8. The largest absolute Gasteiger partial charge is 0.354 e. The smallest absolute Gasteiger partial charge is 0.243 e. The Bertz CT molecular complexity index is 1120. The van der Waals surface area contributed by atoms with E-state index in [4.69, 9.17) is 11.6 Å². The van der Waals surface area contributed by atoms with Gasteiger partial charge in [-0.15, -0.1) is 11.8 Å². The zero-order chi connectivity index (χ0) is 25.8. The van der Waals surface area contributed by atoms with Gasteiger partial charge in [-0.05, 0) is 36.1 Å². The molecule has 0 bridgehead atoms. The molecule has 0 fully saturated rings.